The molecule has 0 heterocycles. The van der Waals surface area contributed by atoms with Crippen molar-refractivity contribution >= 4 is 17.7 Å². The number of nitrogens with one attached hydrogen (secondary N) is 1. The molecule has 1 fully saturated rings. The van der Waals surface area contributed by atoms with Gasteiger partial charge < -0.3 is 9.84 Å². The van der Waals surface area contributed by atoms with Crippen LogP contribution in [0.25, 0.3) is 0 Å². The van der Waals surface area contributed by atoms with Crippen molar-refractivity contribution in [3.63, 3.8) is 0 Å². The number of rotatable bonds is 3. The number of aliphatic carboxylic acids is 1. The molecule has 2 N–H and O–H groups in total. The largest absolute Gasteiger partial charge is 0.481 e. The number of carbonyl (C=O) groups excluding carboxylic acids is 1. The van der Waals surface area contributed by atoms with Gasteiger partial charge in [0, 0.05) is 5.69 Å². The van der Waals surface area contributed by atoms with Crippen LogP contribution in [0.5, 0.6) is 0 Å². The second-order valence-electron chi connectivity index (χ2n) is 6.45. The molecule has 5 heteroatoms. The maximum absolute atomic E-state index is 11.8. The van der Waals surface area contributed by atoms with Gasteiger partial charge in [-0.3, -0.25) is 10.1 Å². The lowest BCUT2D eigenvalue weighted by molar-refractivity contribution is -0.147. The predicted octanol–water partition coefficient (Wildman–Crippen LogP) is 3.54. The number of hydrogen-bond donors (Lipinski definition) is 2. The smallest absolute Gasteiger partial charge is 0.412 e. The number of benzene rings is 1. The summed E-state index contributed by atoms with van der Waals surface area (Å²) in [6.45, 7) is 5.37. The van der Waals surface area contributed by atoms with Crippen molar-refractivity contribution < 1.29 is 19.4 Å². The highest BCUT2D eigenvalue weighted by Gasteiger charge is 2.45. The summed E-state index contributed by atoms with van der Waals surface area (Å²) in [7, 11) is 0. The zero-order chi connectivity index (χ0) is 15.7. The predicted molar refractivity (Wildman–Crippen MR) is 79.5 cm³/mol. The highest BCUT2D eigenvalue weighted by atomic mass is 16.6. The molecule has 1 aliphatic carbocycles. The first-order valence-corrected chi connectivity index (χ1v) is 7.07. The number of carboxylic acids is 1. The van der Waals surface area contributed by atoms with Gasteiger partial charge >= 0.3 is 12.1 Å². The van der Waals surface area contributed by atoms with E-state index in [9.17, 15) is 14.7 Å². The van der Waals surface area contributed by atoms with Gasteiger partial charge in [0.25, 0.3) is 0 Å². The Morgan fingerprint density at radius 1 is 1.29 bits per heavy atom. The van der Waals surface area contributed by atoms with Crippen molar-refractivity contribution in [2.24, 2.45) is 0 Å². The summed E-state index contributed by atoms with van der Waals surface area (Å²) >= 11 is 0. The highest BCUT2D eigenvalue weighted by Crippen LogP contribution is 2.44. The van der Waals surface area contributed by atoms with Crippen molar-refractivity contribution in [2.75, 3.05) is 5.32 Å². The Balaban J connectivity index is 2.15. The fourth-order valence-electron chi connectivity index (χ4n) is 2.47. The van der Waals surface area contributed by atoms with E-state index < -0.39 is 23.1 Å². The van der Waals surface area contributed by atoms with Gasteiger partial charge in [0.05, 0.1) is 5.41 Å². The average Bonchev–Trinajstić information content (AvgIpc) is 2.24. The summed E-state index contributed by atoms with van der Waals surface area (Å²) in [5, 5.41) is 12.1. The third kappa shape index (κ3) is 3.35. The van der Waals surface area contributed by atoms with Gasteiger partial charge in [-0.05, 0) is 51.3 Å². The Bertz CT molecular complexity index is 556. The van der Waals surface area contributed by atoms with Crippen LogP contribution in [-0.4, -0.2) is 22.8 Å². The minimum Gasteiger partial charge on any atom is -0.481 e. The standard InChI is InChI=1S/C16H21NO4/c1-15(2,3)21-14(20)17-12-7-4-6-11(10-12)16(13(18)19)8-5-9-16/h4,6-7,10H,5,8-9H2,1-3H3,(H,17,20)(H,18,19). The second kappa shape index (κ2) is 5.39. The molecule has 1 aliphatic rings. The minimum atomic E-state index is -0.803. The average molecular weight is 291 g/mol. The normalized spacial score (nSPS) is 16.7. The van der Waals surface area contributed by atoms with Crippen molar-refractivity contribution in [1.82, 2.24) is 0 Å². The van der Waals surface area contributed by atoms with Crippen LogP contribution >= 0.6 is 0 Å². The SMILES string of the molecule is CC(C)(C)OC(=O)Nc1cccc(C2(C(=O)O)CCC2)c1. The maximum atomic E-state index is 11.8. The fourth-order valence-corrected chi connectivity index (χ4v) is 2.47. The van der Waals surface area contributed by atoms with Crippen LogP contribution in [0, 0.1) is 0 Å². The first kappa shape index (κ1) is 15.4. The number of ether oxygens (including phenoxy) is 1. The van der Waals surface area contributed by atoms with E-state index in [0.29, 0.717) is 18.5 Å². The number of amides is 1. The lowest BCUT2D eigenvalue weighted by atomic mass is 9.64. The molecule has 5 nitrogen and oxygen atoms in total. The van der Waals surface area contributed by atoms with Crippen LogP contribution in [0.15, 0.2) is 24.3 Å². The van der Waals surface area contributed by atoms with Crippen LogP contribution in [0.2, 0.25) is 0 Å². The fraction of sp³-hybridized carbons (Fsp3) is 0.500. The summed E-state index contributed by atoms with van der Waals surface area (Å²) in [5.41, 5.74) is -0.0899. The quantitative estimate of drug-likeness (QED) is 0.893. The van der Waals surface area contributed by atoms with Gasteiger partial charge in [0.1, 0.15) is 5.60 Å². The molecule has 0 aliphatic heterocycles. The van der Waals surface area contributed by atoms with Gasteiger partial charge in [-0.15, -0.1) is 0 Å². The van der Waals surface area contributed by atoms with Gasteiger partial charge in [-0.2, -0.15) is 0 Å². The molecular formula is C16H21NO4. The summed E-state index contributed by atoms with van der Waals surface area (Å²) in [4.78, 5) is 23.3. The molecule has 0 unspecified atom stereocenters. The van der Waals surface area contributed by atoms with Gasteiger partial charge in [-0.25, -0.2) is 4.79 Å². The van der Waals surface area contributed by atoms with Crippen LogP contribution in [0.1, 0.15) is 45.6 Å². The van der Waals surface area contributed by atoms with Gasteiger partial charge in [0.2, 0.25) is 0 Å². The molecular weight excluding hydrogens is 270 g/mol. The number of carbonyl (C=O) groups is 2. The molecule has 1 amide bonds. The summed E-state index contributed by atoms with van der Waals surface area (Å²) in [6, 6.07) is 7.00. The minimum absolute atomic E-state index is 0.544. The second-order valence-corrected chi connectivity index (χ2v) is 6.45. The molecule has 0 spiro atoms. The molecule has 1 aromatic carbocycles. The van der Waals surface area contributed by atoms with Gasteiger partial charge in [0.15, 0.2) is 0 Å². The first-order valence-electron chi connectivity index (χ1n) is 7.07. The lowest BCUT2D eigenvalue weighted by Crippen LogP contribution is -2.42. The molecule has 0 radical (unpaired) electrons. The molecule has 1 saturated carbocycles. The van der Waals surface area contributed by atoms with Crippen LogP contribution in [-0.2, 0) is 14.9 Å². The van der Waals surface area contributed by atoms with Crippen LogP contribution in [0.3, 0.4) is 0 Å². The van der Waals surface area contributed by atoms with E-state index in [-0.39, 0.29) is 0 Å². The molecule has 0 saturated heterocycles. The van der Waals surface area contributed by atoms with Crippen molar-refractivity contribution in [3.8, 4) is 0 Å². The Hall–Kier alpha value is -2.04. The van der Waals surface area contributed by atoms with E-state index in [1.807, 2.05) is 0 Å². The monoisotopic (exact) mass is 291 g/mol. The molecule has 0 bridgehead atoms. The molecule has 21 heavy (non-hydrogen) atoms. The maximum Gasteiger partial charge on any atom is 0.412 e. The van der Waals surface area contributed by atoms with Crippen molar-refractivity contribution in [2.45, 2.75) is 51.0 Å². The lowest BCUT2D eigenvalue weighted by Gasteiger charge is -2.38. The third-order valence-electron chi connectivity index (χ3n) is 3.68. The van der Waals surface area contributed by atoms with E-state index in [0.717, 1.165) is 12.0 Å². The number of anilines is 1. The van der Waals surface area contributed by atoms with E-state index in [2.05, 4.69) is 5.32 Å². The molecule has 0 aromatic heterocycles. The molecule has 2 rings (SSSR count). The summed E-state index contributed by atoms with van der Waals surface area (Å²) in [5.74, 6) is -0.803. The van der Waals surface area contributed by atoms with E-state index in [1.54, 1.807) is 45.0 Å². The van der Waals surface area contributed by atoms with Crippen molar-refractivity contribution in [1.29, 1.82) is 0 Å². The van der Waals surface area contributed by atoms with E-state index in [4.69, 9.17) is 4.74 Å². The Kier molecular flexibility index (Phi) is 3.94. The summed E-state index contributed by atoms with van der Waals surface area (Å²) in [6.07, 6.45) is 1.64. The zero-order valence-corrected chi connectivity index (χ0v) is 12.6. The molecule has 0 atom stereocenters. The Labute approximate surface area is 124 Å². The van der Waals surface area contributed by atoms with E-state index in [1.165, 1.54) is 0 Å². The Morgan fingerprint density at radius 3 is 2.43 bits per heavy atom. The van der Waals surface area contributed by atoms with Crippen LogP contribution < -0.4 is 5.32 Å². The topological polar surface area (TPSA) is 75.6 Å². The zero-order valence-electron chi connectivity index (χ0n) is 12.6. The van der Waals surface area contributed by atoms with Crippen molar-refractivity contribution in [3.05, 3.63) is 29.8 Å². The molecule has 114 valence electrons. The molecule has 1 aromatic rings. The van der Waals surface area contributed by atoms with Gasteiger partial charge in [-0.1, -0.05) is 18.6 Å². The van der Waals surface area contributed by atoms with Crippen LogP contribution in [0.4, 0.5) is 10.5 Å². The first-order chi connectivity index (χ1) is 9.73. The van der Waals surface area contributed by atoms with E-state index >= 15 is 0 Å². The number of carboxylic acid groups (broad SMARTS) is 1. The highest BCUT2D eigenvalue weighted by molar-refractivity contribution is 5.86. The summed E-state index contributed by atoms with van der Waals surface area (Å²) < 4.78 is 5.19. The third-order valence-corrected chi connectivity index (χ3v) is 3.68. The number of hydrogen-bond acceptors (Lipinski definition) is 3. The Morgan fingerprint density at radius 2 is 1.95 bits per heavy atom.